The molecule has 0 aromatic heterocycles. The lowest BCUT2D eigenvalue weighted by atomic mass is 9.77. The summed E-state index contributed by atoms with van der Waals surface area (Å²) in [5.41, 5.74) is 0.462. The normalized spacial score (nSPS) is 13.4. The third kappa shape index (κ3) is 13.3. The summed E-state index contributed by atoms with van der Waals surface area (Å²) in [6.07, 6.45) is 6.09. The van der Waals surface area contributed by atoms with Crippen LogP contribution < -0.4 is 15.4 Å². The van der Waals surface area contributed by atoms with Crippen molar-refractivity contribution in [2.45, 2.75) is 130 Å². The lowest BCUT2D eigenvalue weighted by molar-refractivity contribution is -0.156. The lowest BCUT2D eigenvalue weighted by Gasteiger charge is -2.36. The van der Waals surface area contributed by atoms with E-state index in [2.05, 4.69) is 71.2 Å². The molecule has 6 aromatic rings. The molecule has 9 nitrogen and oxygen atoms in total. The molecule has 66 heavy (non-hydrogen) atoms. The first-order chi connectivity index (χ1) is 31.2. The van der Waals surface area contributed by atoms with E-state index in [0.717, 1.165) is 27.5 Å². The maximum Gasteiger partial charge on any atom is 0.308 e. The fourth-order valence-electron chi connectivity index (χ4n) is 8.75. The Labute approximate surface area is 389 Å². The molecule has 0 saturated heterocycles. The van der Waals surface area contributed by atoms with E-state index in [9.17, 15) is 24.0 Å². The van der Waals surface area contributed by atoms with Gasteiger partial charge in [-0.2, -0.15) is 0 Å². The second-order valence-electron chi connectivity index (χ2n) is 20.1. The van der Waals surface area contributed by atoms with Crippen LogP contribution in [-0.4, -0.2) is 52.1 Å². The molecule has 344 valence electrons. The molecule has 0 fully saturated rings. The number of nitrogens with one attached hydrogen (secondary N) is 2. The average Bonchev–Trinajstić information content (AvgIpc) is 3.25. The van der Waals surface area contributed by atoms with Gasteiger partial charge in [0.2, 0.25) is 11.8 Å². The van der Waals surface area contributed by atoms with Crippen LogP contribution in [0.4, 0.5) is 0 Å². The Balaban J connectivity index is 1.27. The van der Waals surface area contributed by atoms with Crippen LogP contribution in [-0.2, 0) is 48.0 Å². The Morgan fingerprint density at radius 1 is 0.621 bits per heavy atom. The zero-order chi connectivity index (χ0) is 47.8. The van der Waals surface area contributed by atoms with Crippen molar-refractivity contribution in [1.82, 2.24) is 10.6 Å². The largest absolute Gasteiger partial charge is 0.488 e. The van der Waals surface area contributed by atoms with E-state index >= 15 is 0 Å². The maximum absolute atomic E-state index is 14.8. The van der Waals surface area contributed by atoms with Gasteiger partial charge in [-0.25, -0.2) is 0 Å². The molecule has 0 heterocycles. The lowest BCUT2D eigenvalue weighted by Crippen LogP contribution is -2.54. The first-order valence-electron chi connectivity index (χ1n) is 23.0. The zero-order valence-corrected chi connectivity index (χ0v) is 39.7. The van der Waals surface area contributed by atoms with E-state index in [1.807, 2.05) is 89.2 Å². The van der Waals surface area contributed by atoms with Crippen LogP contribution in [0.25, 0.3) is 32.3 Å². The summed E-state index contributed by atoms with van der Waals surface area (Å²) < 4.78 is 11.6. The Hall–Kier alpha value is -6.53. The van der Waals surface area contributed by atoms with E-state index in [1.54, 1.807) is 20.8 Å². The fraction of sp³-hybridized carbons (Fsp3) is 0.386. The molecule has 6 rings (SSSR count). The van der Waals surface area contributed by atoms with Gasteiger partial charge in [0.05, 0.1) is 12.5 Å². The molecule has 2 N–H and O–H groups in total. The number of ether oxygens (including phenoxy) is 2. The number of rotatable bonds is 20. The van der Waals surface area contributed by atoms with E-state index in [4.69, 9.17) is 15.9 Å². The van der Waals surface area contributed by atoms with Crippen LogP contribution >= 0.6 is 0 Å². The number of carbonyl (C=O) groups is 5. The Bertz CT molecular complexity index is 2650. The van der Waals surface area contributed by atoms with Gasteiger partial charge in [0.15, 0.2) is 5.78 Å². The topological polar surface area (TPSA) is 128 Å². The predicted molar refractivity (Wildman–Crippen MR) is 263 cm³/mol. The van der Waals surface area contributed by atoms with Gasteiger partial charge in [0.1, 0.15) is 22.7 Å². The number of hydrogen-bond donors (Lipinski definition) is 2. The number of benzene rings is 6. The Morgan fingerprint density at radius 3 is 1.80 bits per heavy atom. The maximum atomic E-state index is 14.8. The molecule has 0 aliphatic rings. The first kappa shape index (κ1) is 48.9. The number of ketones is 2. The molecule has 0 aliphatic heterocycles. The van der Waals surface area contributed by atoms with Crippen molar-refractivity contribution < 1.29 is 33.4 Å². The van der Waals surface area contributed by atoms with Crippen LogP contribution in [0.2, 0.25) is 0 Å². The summed E-state index contributed by atoms with van der Waals surface area (Å²) >= 11 is 0. The van der Waals surface area contributed by atoms with Crippen LogP contribution in [0, 0.1) is 24.2 Å². The highest BCUT2D eigenvalue weighted by Crippen LogP contribution is 2.36. The van der Waals surface area contributed by atoms with Crippen molar-refractivity contribution in [2.24, 2.45) is 11.8 Å². The van der Waals surface area contributed by atoms with Crippen molar-refractivity contribution in [2.75, 3.05) is 0 Å². The highest BCUT2D eigenvalue weighted by atomic mass is 16.6. The molecule has 2 amide bonds. The Kier molecular flexibility index (Phi) is 15.4. The van der Waals surface area contributed by atoms with Crippen LogP contribution in [0.5, 0.6) is 5.75 Å². The number of carbonyl (C=O) groups excluding carboxylic acids is 5. The highest BCUT2D eigenvalue weighted by Gasteiger charge is 2.39. The predicted octanol–water partition coefficient (Wildman–Crippen LogP) is 10.5. The summed E-state index contributed by atoms with van der Waals surface area (Å²) in [5.74, 6) is -0.590. The number of hydrogen-bond acceptors (Lipinski definition) is 7. The molecule has 0 spiro atoms. The van der Waals surface area contributed by atoms with Gasteiger partial charge in [-0.05, 0) is 136 Å². The summed E-state index contributed by atoms with van der Waals surface area (Å²) in [7, 11) is 0. The molecule has 0 radical (unpaired) electrons. The third-order valence-electron chi connectivity index (χ3n) is 11.8. The molecule has 0 aliphatic carbocycles. The SMILES string of the molecule is C#CCCC(=O)N[C@@H](CC(=O)OC(C)(C)C)C(=O)C[C@@H](Cc1ccc(OC(C)(C)C)cc1)C(=O)NC(C)(C)[C@@H](Cc1ccccc1)C(=O)CCc1cc2ccc3cccc4ccc(c1)c2c34. The number of Topliss-reactive ketones (excluding diaryl/α,β-unsaturated/α-hetero) is 2. The molecule has 6 aromatic carbocycles. The van der Waals surface area contributed by atoms with Crippen molar-refractivity contribution in [3.63, 3.8) is 0 Å². The number of esters is 1. The number of aryl methyl sites for hydroxylation is 1. The Morgan fingerprint density at radius 2 is 1.21 bits per heavy atom. The molecule has 0 bridgehead atoms. The van der Waals surface area contributed by atoms with Crippen molar-refractivity contribution in [1.29, 1.82) is 0 Å². The van der Waals surface area contributed by atoms with Crippen molar-refractivity contribution >= 4 is 61.7 Å². The zero-order valence-electron chi connectivity index (χ0n) is 39.7. The molecule has 0 unspecified atom stereocenters. The second-order valence-corrected chi connectivity index (χ2v) is 20.1. The minimum absolute atomic E-state index is 0.00315. The van der Waals surface area contributed by atoms with Gasteiger partial charge in [0.25, 0.3) is 0 Å². The van der Waals surface area contributed by atoms with Crippen molar-refractivity contribution in [3.8, 4) is 18.1 Å². The van der Waals surface area contributed by atoms with Gasteiger partial charge >= 0.3 is 5.97 Å². The minimum atomic E-state index is -1.26. The van der Waals surface area contributed by atoms with E-state index in [0.29, 0.717) is 18.6 Å². The summed E-state index contributed by atoms with van der Waals surface area (Å²) in [6, 6.07) is 35.2. The van der Waals surface area contributed by atoms with Crippen LogP contribution in [0.15, 0.2) is 109 Å². The molecular weight excluding hydrogens is 825 g/mol. The number of amides is 2. The third-order valence-corrected chi connectivity index (χ3v) is 11.8. The van der Waals surface area contributed by atoms with Crippen LogP contribution in [0.1, 0.15) is 104 Å². The van der Waals surface area contributed by atoms with E-state index < -0.39 is 64.6 Å². The molecule has 9 heteroatoms. The van der Waals surface area contributed by atoms with E-state index in [1.165, 1.54) is 21.5 Å². The van der Waals surface area contributed by atoms with Gasteiger partial charge in [-0.3, -0.25) is 24.0 Å². The van der Waals surface area contributed by atoms with Gasteiger partial charge in [0, 0.05) is 43.1 Å². The monoisotopic (exact) mass is 888 g/mol. The number of terminal acetylenes is 1. The van der Waals surface area contributed by atoms with Gasteiger partial charge in [-0.1, -0.05) is 97.1 Å². The molecular formula is C57H64N2O7. The molecule has 0 saturated carbocycles. The average molecular weight is 889 g/mol. The second kappa shape index (κ2) is 20.8. The summed E-state index contributed by atoms with van der Waals surface area (Å²) in [6.45, 7) is 14.7. The van der Waals surface area contributed by atoms with Gasteiger partial charge in [-0.15, -0.1) is 12.3 Å². The van der Waals surface area contributed by atoms with E-state index in [-0.39, 0.29) is 37.9 Å². The molecule has 3 atom stereocenters. The first-order valence-corrected chi connectivity index (χ1v) is 23.0. The minimum Gasteiger partial charge on any atom is -0.488 e. The fourth-order valence-corrected chi connectivity index (χ4v) is 8.75. The summed E-state index contributed by atoms with van der Waals surface area (Å²) in [4.78, 5) is 69.8. The summed E-state index contributed by atoms with van der Waals surface area (Å²) in [5, 5.41) is 13.0. The standard InChI is InChI=1S/C57H64N2O7/c1-10-11-20-50(62)58-47(36-51(63)66-56(5,6)7)49(61)35-44(31-38-21-28-45(29-22-38)65-55(2,3)4)54(64)59-57(8,9)46(34-37-16-13-12-14-17-37)48(60)30-23-39-32-42-26-24-40-18-15-19-41-25-27-43(33-39)53(42)52(40)41/h1,12-19,21-22,24-29,32-33,44,46-47H,11,20,23,30-31,34-36H2,2-9H3,(H,58,62)(H,59,64)/t44-,46+,47+/m1/s1. The smallest absolute Gasteiger partial charge is 0.308 e. The quantitative estimate of drug-likeness (QED) is 0.0444. The van der Waals surface area contributed by atoms with Gasteiger partial charge < -0.3 is 20.1 Å². The van der Waals surface area contributed by atoms with Crippen LogP contribution in [0.3, 0.4) is 0 Å². The highest BCUT2D eigenvalue weighted by molar-refractivity contribution is 6.23. The van der Waals surface area contributed by atoms with Crippen molar-refractivity contribution in [3.05, 3.63) is 126 Å².